The predicted molar refractivity (Wildman–Crippen MR) is 102 cm³/mol. The molecule has 7 nitrogen and oxygen atoms in total. The number of ketones is 1. The molecular formula is C21H21NO6. The monoisotopic (exact) mass is 383 g/mol. The van der Waals surface area contributed by atoms with E-state index in [4.69, 9.17) is 4.74 Å². The molecule has 0 saturated carbocycles. The van der Waals surface area contributed by atoms with Crippen molar-refractivity contribution in [3.05, 3.63) is 65.2 Å². The van der Waals surface area contributed by atoms with Gasteiger partial charge < -0.3 is 25.0 Å². The van der Waals surface area contributed by atoms with Gasteiger partial charge in [0.25, 0.3) is 11.7 Å². The lowest BCUT2D eigenvalue weighted by Gasteiger charge is -2.25. The van der Waals surface area contributed by atoms with Crippen molar-refractivity contribution >= 4 is 17.4 Å². The van der Waals surface area contributed by atoms with Crippen molar-refractivity contribution in [3.8, 4) is 11.5 Å². The molecule has 3 N–H and O–H groups in total. The van der Waals surface area contributed by atoms with E-state index < -0.39 is 17.7 Å². The van der Waals surface area contributed by atoms with E-state index in [0.29, 0.717) is 17.7 Å². The van der Waals surface area contributed by atoms with Crippen LogP contribution in [-0.4, -0.2) is 51.7 Å². The highest BCUT2D eigenvalue weighted by atomic mass is 16.5. The molecule has 2 aromatic carbocycles. The van der Waals surface area contributed by atoms with E-state index in [1.165, 1.54) is 17.0 Å². The van der Waals surface area contributed by atoms with Gasteiger partial charge in [0.1, 0.15) is 5.76 Å². The zero-order valence-electron chi connectivity index (χ0n) is 15.3. The summed E-state index contributed by atoms with van der Waals surface area (Å²) in [4.78, 5) is 26.4. The van der Waals surface area contributed by atoms with Crippen LogP contribution in [-0.2, 0) is 9.59 Å². The smallest absolute Gasteiger partial charge is 0.295 e. The number of Topliss-reactive ketones (excluding diaryl/α,β-unsaturated/α-hetero) is 1. The van der Waals surface area contributed by atoms with Gasteiger partial charge in [0, 0.05) is 12.1 Å². The van der Waals surface area contributed by atoms with Gasteiger partial charge in [-0.2, -0.15) is 0 Å². The number of aromatic hydroxyl groups is 1. The molecule has 7 heteroatoms. The van der Waals surface area contributed by atoms with E-state index in [1.54, 1.807) is 43.3 Å². The van der Waals surface area contributed by atoms with Gasteiger partial charge in [-0.05, 0) is 24.6 Å². The Labute approximate surface area is 162 Å². The third-order valence-corrected chi connectivity index (χ3v) is 4.53. The minimum Gasteiger partial charge on any atom is -0.507 e. The molecule has 0 bridgehead atoms. The molecule has 0 aromatic heterocycles. The zero-order valence-corrected chi connectivity index (χ0v) is 15.3. The molecule has 0 radical (unpaired) electrons. The first-order valence-electron chi connectivity index (χ1n) is 8.90. The van der Waals surface area contributed by atoms with E-state index in [-0.39, 0.29) is 36.0 Å². The summed E-state index contributed by atoms with van der Waals surface area (Å²) >= 11 is 0. The van der Waals surface area contributed by atoms with Crippen molar-refractivity contribution in [2.24, 2.45) is 0 Å². The molecule has 1 aliphatic rings. The van der Waals surface area contributed by atoms with Gasteiger partial charge in [0.2, 0.25) is 0 Å². The minimum absolute atomic E-state index is 0.0715. The average molecular weight is 383 g/mol. The number of phenols is 1. The molecule has 28 heavy (non-hydrogen) atoms. The molecule has 2 aromatic rings. The van der Waals surface area contributed by atoms with Crippen molar-refractivity contribution in [2.75, 3.05) is 19.8 Å². The summed E-state index contributed by atoms with van der Waals surface area (Å²) in [5, 5.41) is 30.1. The fourth-order valence-corrected chi connectivity index (χ4v) is 3.29. The van der Waals surface area contributed by atoms with Crippen LogP contribution in [0.5, 0.6) is 11.5 Å². The molecule has 1 aliphatic heterocycles. The lowest BCUT2D eigenvalue weighted by molar-refractivity contribution is -0.140. The summed E-state index contributed by atoms with van der Waals surface area (Å²) in [6, 6.07) is 12.0. The maximum Gasteiger partial charge on any atom is 0.295 e. The second-order valence-corrected chi connectivity index (χ2v) is 6.24. The van der Waals surface area contributed by atoms with Crippen molar-refractivity contribution in [3.63, 3.8) is 0 Å². The lowest BCUT2D eigenvalue weighted by Crippen LogP contribution is -2.32. The summed E-state index contributed by atoms with van der Waals surface area (Å²) in [6.45, 7) is 1.66. The van der Waals surface area contributed by atoms with E-state index >= 15 is 0 Å². The predicted octanol–water partition coefficient (Wildman–Crippen LogP) is 2.20. The van der Waals surface area contributed by atoms with Gasteiger partial charge in [-0.3, -0.25) is 9.59 Å². The highest BCUT2D eigenvalue weighted by Crippen LogP contribution is 2.41. The molecule has 1 saturated heterocycles. The number of carbonyl (C=O) groups is 2. The summed E-state index contributed by atoms with van der Waals surface area (Å²) in [6.07, 6.45) is 0. The number of ether oxygens (including phenoxy) is 1. The number of carbonyl (C=O) groups excluding carboxylic acids is 2. The minimum atomic E-state index is -0.910. The number of aliphatic hydroxyl groups is 2. The van der Waals surface area contributed by atoms with Crippen LogP contribution in [0, 0.1) is 0 Å². The van der Waals surface area contributed by atoms with Gasteiger partial charge in [-0.1, -0.05) is 36.4 Å². The number of benzene rings is 2. The Morgan fingerprint density at radius 1 is 1.14 bits per heavy atom. The summed E-state index contributed by atoms with van der Waals surface area (Å²) in [5.74, 6) is -1.80. The number of β-amino-alcohol motifs (C(OH)–C–C–N with tert-alkyl or cyclic N) is 1. The van der Waals surface area contributed by atoms with Gasteiger partial charge in [-0.25, -0.2) is 0 Å². The molecule has 0 spiro atoms. The van der Waals surface area contributed by atoms with Gasteiger partial charge in [0.05, 0.1) is 24.8 Å². The second-order valence-electron chi connectivity index (χ2n) is 6.24. The second kappa shape index (κ2) is 8.14. The van der Waals surface area contributed by atoms with Crippen LogP contribution < -0.4 is 4.74 Å². The van der Waals surface area contributed by atoms with Gasteiger partial charge >= 0.3 is 0 Å². The maximum absolute atomic E-state index is 12.7. The summed E-state index contributed by atoms with van der Waals surface area (Å²) < 4.78 is 5.40. The largest absolute Gasteiger partial charge is 0.507 e. The molecule has 1 atom stereocenters. The third kappa shape index (κ3) is 3.44. The number of phenolic OH excluding ortho intramolecular Hbond substituents is 1. The number of rotatable bonds is 6. The van der Waals surface area contributed by atoms with Crippen molar-refractivity contribution < 1.29 is 29.6 Å². The Balaban J connectivity index is 2.19. The van der Waals surface area contributed by atoms with Crippen LogP contribution in [0.3, 0.4) is 0 Å². The van der Waals surface area contributed by atoms with E-state index in [9.17, 15) is 24.9 Å². The highest BCUT2D eigenvalue weighted by Gasteiger charge is 2.46. The Bertz CT molecular complexity index is 922. The molecule has 146 valence electrons. The van der Waals surface area contributed by atoms with Crippen LogP contribution in [0.15, 0.2) is 54.1 Å². The van der Waals surface area contributed by atoms with Crippen LogP contribution >= 0.6 is 0 Å². The number of nitrogens with zero attached hydrogens (tertiary/aromatic N) is 1. The number of amides is 1. The number of hydrogen-bond donors (Lipinski definition) is 3. The Hall–Kier alpha value is -3.32. The molecule has 0 unspecified atom stereocenters. The molecule has 1 amide bonds. The van der Waals surface area contributed by atoms with Crippen LogP contribution in [0.1, 0.15) is 24.1 Å². The Kier molecular flexibility index (Phi) is 5.65. The first kappa shape index (κ1) is 19.4. The fourth-order valence-electron chi connectivity index (χ4n) is 3.29. The number of aliphatic hydroxyl groups excluding tert-OH is 2. The van der Waals surface area contributed by atoms with Crippen molar-refractivity contribution in [1.29, 1.82) is 0 Å². The standard InChI is InChI=1S/C21H21NO6/c1-2-28-16-12-14(8-9-15(16)24)18-17(19(25)13-6-4-3-5-7-13)20(26)21(27)22(18)10-11-23/h3-9,12,18,23-25H,2,10-11H2,1H3/t18-/m1/s1. The lowest BCUT2D eigenvalue weighted by atomic mass is 9.95. The summed E-state index contributed by atoms with van der Waals surface area (Å²) in [7, 11) is 0. The van der Waals surface area contributed by atoms with Gasteiger partial charge in [-0.15, -0.1) is 0 Å². The average Bonchev–Trinajstić information content (AvgIpc) is 2.95. The first-order chi connectivity index (χ1) is 13.5. The van der Waals surface area contributed by atoms with Crippen LogP contribution in [0.25, 0.3) is 5.76 Å². The molecule has 1 heterocycles. The van der Waals surface area contributed by atoms with Crippen molar-refractivity contribution in [1.82, 2.24) is 4.90 Å². The third-order valence-electron chi connectivity index (χ3n) is 4.53. The molecular weight excluding hydrogens is 362 g/mol. The first-order valence-corrected chi connectivity index (χ1v) is 8.90. The molecule has 3 rings (SSSR count). The topological polar surface area (TPSA) is 107 Å². The SMILES string of the molecule is CCOc1cc([C@@H]2C(=C(O)c3ccccc3)C(=O)C(=O)N2CCO)ccc1O. The molecule has 0 aliphatic carbocycles. The fraction of sp³-hybridized carbons (Fsp3) is 0.238. The van der Waals surface area contributed by atoms with Crippen LogP contribution in [0.2, 0.25) is 0 Å². The zero-order chi connectivity index (χ0) is 20.3. The maximum atomic E-state index is 12.7. The van der Waals surface area contributed by atoms with E-state index in [0.717, 1.165) is 0 Å². The quantitative estimate of drug-likeness (QED) is 0.401. The normalized spacial score (nSPS) is 18.5. The highest BCUT2D eigenvalue weighted by molar-refractivity contribution is 6.46. The van der Waals surface area contributed by atoms with E-state index in [2.05, 4.69) is 0 Å². The molecule has 1 fully saturated rings. The number of hydrogen-bond acceptors (Lipinski definition) is 6. The van der Waals surface area contributed by atoms with Crippen molar-refractivity contribution in [2.45, 2.75) is 13.0 Å². The van der Waals surface area contributed by atoms with Crippen LogP contribution in [0.4, 0.5) is 0 Å². The Morgan fingerprint density at radius 3 is 2.50 bits per heavy atom. The number of likely N-dealkylation sites (tertiary alicyclic amines) is 1. The van der Waals surface area contributed by atoms with E-state index in [1.807, 2.05) is 0 Å². The Morgan fingerprint density at radius 2 is 1.86 bits per heavy atom. The van der Waals surface area contributed by atoms with Gasteiger partial charge in [0.15, 0.2) is 11.5 Å². The summed E-state index contributed by atoms with van der Waals surface area (Å²) in [5.41, 5.74) is 0.808.